The second-order valence-electron chi connectivity index (χ2n) is 8.33. The Morgan fingerprint density at radius 1 is 0.971 bits per heavy atom. The first-order chi connectivity index (χ1) is 17.2. The van der Waals surface area contributed by atoms with Gasteiger partial charge in [-0.05, 0) is 65.9 Å². The predicted molar refractivity (Wildman–Crippen MR) is 132 cm³/mol. The van der Waals surface area contributed by atoms with Gasteiger partial charge in [0.2, 0.25) is 0 Å². The number of nitrogens with zero attached hydrogens (tertiary/aromatic N) is 3. The van der Waals surface area contributed by atoms with Crippen LogP contribution in [0, 0.1) is 11.6 Å². The monoisotopic (exact) mass is 486 g/mol. The average molecular weight is 487 g/mol. The van der Waals surface area contributed by atoms with Gasteiger partial charge in [-0.25, -0.2) is 8.78 Å². The van der Waals surface area contributed by atoms with Crippen molar-refractivity contribution < 1.29 is 13.5 Å². The molecule has 35 heavy (non-hydrogen) atoms. The molecule has 0 amide bonds. The lowest BCUT2D eigenvalue weighted by molar-refractivity contribution is 0.294. The molecule has 0 unspecified atom stereocenters. The molecule has 0 saturated heterocycles. The fourth-order valence-electron chi connectivity index (χ4n) is 4.37. The Hall–Kier alpha value is -3.75. The van der Waals surface area contributed by atoms with E-state index in [0.717, 1.165) is 40.9 Å². The van der Waals surface area contributed by atoms with Crippen LogP contribution in [0.4, 0.5) is 8.78 Å². The SMILES string of the molecule is Fc1ccc(-c2nnc(-c3ccc4c(c3)CCNC4)c3ccsc23)c(OCc2ncccc2F)c1. The molecule has 0 saturated carbocycles. The summed E-state index contributed by atoms with van der Waals surface area (Å²) in [6, 6.07) is 15.5. The van der Waals surface area contributed by atoms with Gasteiger partial charge in [0.05, 0.1) is 4.70 Å². The Morgan fingerprint density at radius 2 is 1.89 bits per heavy atom. The van der Waals surface area contributed by atoms with Gasteiger partial charge in [-0.3, -0.25) is 4.98 Å². The lowest BCUT2D eigenvalue weighted by Crippen LogP contribution is -2.23. The fraction of sp³-hybridized carbons (Fsp3) is 0.148. The summed E-state index contributed by atoms with van der Waals surface area (Å²) in [6.45, 7) is 1.71. The highest BCUT2D eigenvalue weighted by Crippen LogP contribution is 2.39. The van der Waals surface area contributed by atoms with Crippen LogP contribution in [0.3, 0.4) is 0 Å². The van der Waals surface area contributed by atoms with E-state index in [9.17, 15) is 8.78 Å². The fourth-order valence-corrected chi connectivity index (χ4v) is 5.27. The summed E-state index contributed by atoms with van der Waals surface area (Å²) in [5.74, 6) is -0.676. The third-order valence-electron chi connectivity index (χ3n) is 6.15. The van der Waals surface area contributed by atoms with Gasteiger partial charge in [0, 0.05) is 35.3 Å². The van der Waals surface area contributed by atoms with Crippen LogP contribution in [0.5, 0.6) is 5.75 Å². The maximum atomic E-state index is 14.1. The molecule has 8 heteroatoms. The maximum Gasteiger partial charge on any atom is 0.148 e. The second kappa shape index (κ2) is 9.13. The van der Waals surface area contributed by atoms with Gasteiger partial charge in [-0.1, -0.05) is 12.1 Å². The van der Waals surface area contributed by atoms with Crippen LogP contribution in [0.25, 0.3) is 32.6 Å². The Balaban J connectivity index is 1.40. The largest absolute Gasteiger partial charge is 0.486 e. The van der Waals surface area contributed by atoms with Crippen LogP contribution < -0.4 is 10.1 Å². The van der Waals surface area contributed by atoms with Crippen LogP contribution in [-0.2, 0) is 19.6 Å². The van der Waals surface area contributed by atoms with Gasteiger partial charge >= 0.3 is 0 Å². The number of thiophene rings is 1. The van der Waals surface area contributed by atoms with E-state index < -0.39 is 11.6 Å². The summed E-state index contributed by atoms with van der Waals surface area (Å²) in [6.07, 6.45) is 2.47. The lowest BCUT2D eigenvalue weighted by Gasteiger charge is -2.18. The Kier molecular flexibility index (Phi) is 5.67. The minimum Gasteiger partial charge on any atom is -0.486 e. The minimum atomic E-state index is -0.476. The first kappa shape index (κ1) is 21.8. The van der Waals surface area contributed by atoms with Gasteiger partial charge < -0.3 is 10.1 Å². The Labute approximate surface area is 204 Å². The summed E-state index contributed by atoms with van der Waals surface area (Å²) >= 11 is 1.54. The number of aromatic nitrogens is 3. The van der Waals surface area contributed by atoms with Crippen LogP contribution in [0.2, 0.25) is 0 Å². The molecule has 0 spiro atoms. The molecular weight excluding hydrogens is 466 g/mol. The van der Waals surface area contributed by atoms with E-state index in [1.807, 2.05) is 11.4 Å². The molecule has 5 nitrogen and oxygen atoms in total. The average Bonchev–Trinajstić information content (AvgIpc) is 3.38. The van der Waals surface area contributed by atoms with Crippen molar-refractivity contribution in [3.8, 4) is 28.3 Å². The van der Waals surface area contributed by atoms with Crippen molar-refractivity contribution in [2.24, 2.45) is 0 Å². The van der Waals surface area contributed by atoms with E-state index in [-0.39, 0.29) is 18.1 Å². The number of fused-ring (bicyclic) bond motifs is 2. The van der Waals surface area contributed by atoms with E-state index >= 15 is 0 Å². The zero-order valence-electron chi connectivity index (χ0n) is 18.6. The van der Waals surface area contributed by atoms with Crippen molar-refractivity contribution in [3.63, 3.8) is 0 Å². The molecule has 1 aliphatic rings. The predicted octanol–water partition coefficient (Wildman–Crippen LogP) is 5.92. The molecule has 174 valence electrons. The summed E-state index contributed by atoms with van der Waals surface area (Å²) in [4.78, 5) is 4.01. The first-order valence-electron chi connectivity index (χ1n) is 11.3. The van der Waals surface area contributed by atoms with Gasteiger partial charge in [0.15, 0.2) is 0 Å². The van der Waals surface area contributed by atoms with Gasteiger partial charge in [-0.15, -0.1) is 21.5 Å². The number of benzene rings is 2. The normalized spacial score (nSPS) is 13.1. The van der Waals surface area contributed by atoms with Crippen molar-refractivity contribution >= 4 is 21.4 Å². The van der Waals surface area contributed by atoms with Gasteiger partial charge in [-0.2, -0.15) is 0 Å². The van der Waals surface area contributed by atoms with E-state index in [1.54, 1.807) is 17.4 Å². The summed E-state index contributed by atoms with van der Waals surface area (Å²) < 4.78 is 34.9. The number of pyridine rings is 1. The minimum absolute atomic E-state index is 0.133. The highest BCUT2D eigenvalue weighted by molar-refractivity contribution is 7.17. The van der Waals surface area contributed by atoms with Crippen LogP contribution in [0.15, 0.2) is 66.2 Å². The lowest BCUT2D eigenvalue weighted by atomic mass is 9.96. The number of halogens is 2. The first-order valence-corrected chi connectivity index (χ1v) is 12.1. The van der Waals surface area contributed by atoms with Gasteiger partial charge in [0.1, 0.15) is 41.1 Å². The molecule has 1 aliphatic heterocycles. The second-order valence-corrected chi connectivity index (χ2v) is 9.25. The number of nitrogens with one attached hydrogen (secondary N) is 1. The van der Waals surface area contributed by atoms with Crippen molar-refractivity contribution in [1.82, 2.24) is 20.5 Å². The molecule has 3 aromatic heterocycles. The Morgan fingerprint density at radius 3 is 2.80 bits per heavy atom. The van der Waals surface area contributed by atoms with Crippen LogP contribution >= 0.6 is 11.3 Å². The molecule has 0 atom stereocenters. The Bertz CT molecular complexity index is 1550. The van der Waals surface area contributed by atoms with Crippen molar-refractivity contribution in [3.05, 3.63) is 94.6 Å². The van der Waals surface area contributed by atoms with E-state index in [0.29, 0.717) is 11.3 Å². The van der Waals surface area contributed by atoms with Crippen LogP contribution in [0.1, 0.15) is 16.8 Å². The van der Waals surface area contributed by atoms with Crippen LogP contribution in [-0.4, -0.2) is 21.7 Å². The molecule has 0 aliphatic carbocycles. The van der Waals surface area contributed by atoms with Crippen molar-refractivity contribution in [2.45, 2.75) is 19.6 Å². The third-order valence-corrected chi connectivity index (χ3v) is 7.07. The molecule has 0 bridgehead atoms. The summed E-state index contributed by atoms with van der Waals surface area (Å²) in [7, 11) is 0. The van der Waals surface area contributed by atoms with Crippen molar-refractivity contribution in [1.29, 1.82) is 0 Å². The number of ether oxygens (including phenoxy) is 1. The van der Waals surface area contributed by atoms with E-state index in [2.05, 4.69) is 38.7 Å². The number of hydrogen-bond donors (Lipinski definition) is 1. The molecule has 6 rings (SSSR count). The quantitative estimate of drug-likeness (QED) is 0.334. The van der Waals surface area contributed by atoms with Crippen molar-refractivity contribution in [2.75, 3.05) is 6.54 Å². The molecule has 0 fully saturated rings. The number of hydrogen-bond acceptors (Lipinski definition) is 6. The molecule has 0 radical (unpaired) electrons. The van der Waals surface area contributed by atoms with Gasteiger partial charge in [0.25, 0.3) is 0 Å². The smallest absolute Gasteiger partial charge is 0.148 e. The molecule has 2 aromatic carbocycles. The summed E-state index contributed by atoms with van der Waals surface area (Å²) in [5, 5.41) is 15.5. The molecule has 4 heterocycles. The highest BCUT2D eigenvalue weighted by Gasteiger charge is 2.19. The molecular formula is C27H20F2N4OS. The standard InChI is InChI=1S/C27H20F2N4OS/c28-19-5-6-20(24(13-19)34-15-23-22(29)2-1-9-31-23)26-27-21(8-11-35-27)25(32-33-26)17-3-4-18-14-30-10-7-16(18)12-17/h1-6,8-9,11-13,30H,7,10,14-15H2. The van der Waals surface area contributed by atoms with E-state index in [4.69, 9.17) is 4.74 Å². The summed E-state index contributed by atoms with van der Waals surface area (Å²) in [5.41, 5.74) is 5.80. The maximum absolute atomic E-state index is 14.1. The molecule has 5 aromatic rings. The zero-order valence-corrected chi connectivity index (χ0v) is 19.4. The highest BCUT2D eigenvalue weighted by atomic mass is 32.1. The third kappa shape index (κ3) is 4.15. The molecule has 1 N–H and O–H groups in total. The zero-order chi connectivity index (χ0) is 23.8. The van der Waals surface area contributed by atoms with E-state index in [1.165, 1.54) is 41.6 Å². The topological polar surface area (TPSA) is 59.9 Å². The number of rotatable bonds is 5.